The van der Waals surface area contributed by atoms with Crippen LogP contribution >= 0.6 is 0 Å². The Labute approximate surface area is 83.1 Å². The van der Waals surface area contributed by atoms with Crippen molar-refractivity contribution >= 4 is 5.78 Å². The maximum atomic E-state index is 11.7. The largest absolute Gasteiger partial charge is 0.315 e. The number of rotatable bonds is 1. The molecule has 1 unspecified atom stereocenters. The van der Waals surface area contributed by atoms with Crippen molar-refractivity contribution in [3.05, 3.63) is 17.0 Å². The summed E-state index contributed by atoms with van der Waals surface area (Å²) in [6.07, 6.45) is 0.634. The minimum atomic E-state index is 0.00231. The number of H-pyrrole nitrogens is 1. The predicted octanol–water partition coefficient (Wildman–Crippen LogP) is 0.673. The van der Waals surface area contributed by atoms with Gasteiger partial charge in [-0.15, -0.1) is 0 Å². The number of aromatic amines is 1. The number of ketones is 1. The number of hydrogen-bond donors (Lipinski definition) is 2. The summed E-state index contributed by atoms with van der Waals surface area (Å²) in [5.74, 6) is 0.332. The molecule has 4 heteroatoms. The minimum Gasteiger partial charge on any atom is -0.315 e. The minimum absolute atomic E-state index is 0.00231. The average Bonchev–Trinajstić information content (AvgIpc) is 2.48. The maximum Gasteiger partial charge on any atom is 0.143 e. The fourth-order valence-corrected chi connectivity index (χ4v) is 2.08. The number of piperidine rings is 1. The van der Waals surface area contributed by atoms with Crippen molar-refractivity contribution in [2.75, 3.05) is 13.1 Å². The lowest BCUT2D eigenvalue weighted by molar-refractivity contribution is -0.121. The molecule has 1 aliphatic heterocycles. The van der Waals surface area contributed by atoms with E-state index in [9.17, 15) is 4.79 Å². The van der Waals surface area contributed by atoms with Crippen molar-refractivity contribution in [1.82, 2.24) is 15.5 Å². The lowest BCUT2D eigenvalue weighted by Gasteiger charge is -2.21. The molecular weight excluding hydrogens is 178 g/mol. The lowest BCUT2D eigenvalue weighted by atomic mass is 9.89. The average molecular weight is 193 g/mol. The number of aromatic nitrogens is 2. The van der Waals surface area contributed by atoms with Crippen LogP contribution in [-0.4, -0.2) is 29.1 Å². The molecule has 2 N–H and O–H groups in total. The fourth-order valence-electron chi connectivity index (χ4n) is 2.08. The first-order valence-corrected chi connectivity index (χ1v) is 4.95. The highest BCUT2D eigenvalue weighted by atomic mass is 16.1. The molecule has 0 bridgehead atoms. The topological polar surface area (TPSA) is 57.8 Å². The van der Waals surface area contributed by atoms with Crippen LogP contribution in [0.4, 0.5) is 0 Å². The molecule has 14 heavy (non-hydrogen) atoms. The second-order valence-electron chi connectivity index (χ2n) is 3.82. The van der Waals surface area contributed by atoms with E-state index in [-0.39, 0.29) is 5.92 Å². The van der Waals surface area contributed by atoms with Crippen LogP contribution in [0.15, 0.2) is 0 Å². The van der Waals surface area contributed by atoms with Crippen LogP contribution in [0.3, 0.4) is 0 Å². The van der Waals surface area contributed by atoms with E-state index in [2.05, 4.69) is 15.5 Å². The summed E-state index contributed by atoms with van der Waals surface area (Å²) in [7, 11) is 0. The van der Waals surface area contributed by atoms with Gasteiger partial charge in [0.2, 0.25) is 0 Å². The molecule has 1 fully saturated rings. The van der Waals surface area contributed by atoms with Crippen LogP contribution < -0.4 is 5.32 Å². The van der Waals surface area contributed by atoms with Gasteiger partial charge in [-0.1, -0.05) is 0 Å². The van der Waals surface area contributed by atoms with E-state index < -0.39 is 0 Å². The number of carbonyl (C=O) groups excluding carboxylic acids is 1. The summed E-state index contributed by atoms with van der Waals surface area (Å²) < 4.78 is 0. The molecule has 2 heterocycles. The number of Topliss-reactive ketones (excluding diaryl/α,β-unsaturated/α-hetero) is 1. The monoisotopic (exact) mass is 193 g/mol. The Morgan fingerprint density at radius 3 is 2.79 bits per heavy atom. The molecule has 0 radical (unpaired) electrons. The van der Waals surface area contributed by atoms with E-state index >= 15 is 0 Å². The van der Waals surface area contributed by atoms with Gasteiger partial charge in [-0.05, 0) is 13.8 Å². The molecule has 0 spiro atoms. The molecule has 0 amide bonds. The van der Waals surface area contributed by atoms with E-state index in [1.165, 1.54) is 0 Å². The fraction of sp³-hybridized carbons (Fsp3) is 0.600. The molecule has 76 valence electrons. The molecule has 2 rings (SSSR count). The summed E-state index contributed by atoms with van der Waals surface area (Å²) >= 11 is 0. The number of nitrogens with one attached hydrogen (secondary N) is 2. The number of nitrogens with zero attached hydrogens (tertiary/aromatic N) is 1. The van der Waals surface area contributed by atoms with Crippen LogP contribution in [0.25, 0.3) is 0 Å². The molecule has 4 nitrogen and oxygen atoms in total. The van der Waals surface area contributed by atoms with E-state index in [1.54, 1.807) is 0 Å². The van der Waals surface area contributed by atoms with Crippen LogP contribution in [-0.2, 0) is 4.79 Å². The lowest BCUT2D eigenvalue weighted by Crippen LogP contribution is -2.35. The van der Waals surface area contributed by atoms with Crippen molar-refractivity contribution < 1.29 is 4.79 Å². The Balaban J connectivity index is 2.33. The summed E-state index contributed by atoms with van der Waals surface area (Å²) in [6, 6.07) is 0. The maximum absolute atomic E-state index is 11.7. The number of hydrogen-bond acceptors (Lipinski definition) is 3. The summed E-state index contributed by atoms with van der Waals surface area (Å²) in [6.45, 7) is 5.48. The zero-order valence-electron chi connectivity index (χ0n) is 8.55. The zero-order valence-corrected chi connectivity index (χ0v) is 8.55. The third-order valence-corrected chi connectivity index (χ3v) is 2.82. The van der Waals surface area contributed by atoms with Crippen molar-refractivity contribution in [2.24, 2.45) is 0 Å². The normalized spacial score (nSPS) is 22.7. The molecule has 1 aliphatic rings. The third kappa shape index (κ3) is 1.46. The van der Waals surface area contributed by atoms with Crippen LogP contribution in [0, 0.1) is 13.8 Å². The van der Waals surface area contributed by atoms with E-state index in [0.29, 0.717) is 12.2 Å². The van der Waals surface area contributed by atoms with Gasteiger partial charge < -0.3 is 5.32 Å². The first-order valence-electron chi connectivity index (χ1n) is 4.95. The number of carbonyl (C=O) groups is 1. The van der Waals surface area contributed by atoms with Crippen LogP contribution in [0.5, 0.6) is 0 Å². The summed E-state index contributed by atoms with van der Waals surface area (Å²) in [4.78, 5) is 11.7. The van der Waals surface area contributed by atoms with Gasteiger partial charge in [-0.3, -0.25) is 9.89 Å². The van der Waals surface area contributed by atoms with Crippen LogP contribution in [0.1, 0.15) is 29.3 Å². The highest BCUT2D eigenvalue weighted by Gasteiger charge is 2.27. The van der Waals surface area contributed by atoms with Crippen molar-refractivity contribution in [1.29, 1.82) is 0 Å². The molecule has 1 saturated heterocycles. The SMILES string of the molecule is Cc1n[nH]c(C)c1C1CNCCC1=O. The Morgan fingerprint density at radius 2 is 2.21 bits per heavy atom. The predicted molar refractivity (Wildman–Crippen MR) is 53.3 cm³/mol. The Morgan fingerprint density at radius 1 is 1.43 bits per heavy atom. The van der Waals surface area contributed by atoms with E-state index in [0.717, 1.165) is 30.0 Å². The first-order chi connectivity index (χ1) is 6.70. The van der Waals surface area contributed by atoms with Gasteiger partial charge in [0, 0.05) is 30.8 Å². The molecule has 0 saturated carbocycles. The zero-order chi connectivity index (χ0) is 10.1. The second kappa shape index (κ2) is 3.53. The van der Waals surface area contributed by atoms with Gasteiger partial charge in [0.05, 0.1) is 11.6 Å². The van der Waals surface area contributed by atoms with Gasteiger partial charge >= 0.3 is 0 Å². The molecule has 0 aromatic carbocycles. The molecule has 0 aliphatic carbocycles. The standard InChI is InChI=1S/C10H15N3O/c1-6-10(7(2)13-12-6)8-5-11-4-3-9(8)14/h8,11H,3-5H2,1-2H3,(H,12,13). The molecular formula is C10H15N3O. The molecule has 1 aromatic rings. The van der Waals surface area contributed by atoms with E-state index in [1.807, 2.05) is 13.8 Å². The summed E-state index contributed by atoms with van der Waals surface area (Å²) in [5, 5.41) is 10.3. The quantitative estimate of drug-likeness (QED) is 0.689. The molecule has 1 atom stereocenters. The highest BCUT2D eigenvalue weighted by Crippen LogP contribution is 2.24. The second-order valence-corrected chi connectivity index (χ2v) is 3.82. The Kier molecular flexibility index (Phi) is 2.37. The van der Waals surface area contributed by atoms with Gasteiger partial charge in [-0.2, -0.15) is 5.10 Å². The Bertz CT molecular complexity index is 337. The highest BCUT2D eigenvalue weighted by molar-refractivity contribution is 5.87. The Hall–Kier alpha value is -1.16. The molecule has 1 aromatic heterocycles. The van der Waals surface area contributed by atoms with Crippen molar-refractivity contribution in [2.45, 2.75) is 26.2 Å². The van der Waals surface area contributed by atoms with Crippen molar-refractivity contribution in [3.63, 3.8) is 0 Å². The van der Waals surface area contributed by atoms with Crippen LogP contribution in [0.2, 0.25) is 0 Å². The first kappa shape index (κ1) is 9.40. The van der Waals surface area contributed by atoms with Gasteiger partial charge in [0.1, 0.15) is 5.78 Å². The van der Waals surface area contributed by atoms with Gasteiger partial charge in [0.25, 0.3) is 0 Å². The smallest absolute Gasteiger partial charge is 0.143 e. The van der Waals surface area contributed by atoms with Gasteiger partial charge in [-0.25, -0.2) is 0 Å². The third-order valence-electron chi connectivity index (χ3n) is 2.82. The van der Waals surface area contributed by atoms with Gasteiger partial charge in [0.15, 0.2) is 0 Å². The summed E-state index contributed by atoms with van der Waals surface area (Å²) in [5.41, 5.74) is 3.05. The van der Waals surface area contributed by atoms with E-state index in [4.69, 9.17) is 0 Å². The van der Waals surface area contributed by atoms with Crippen molar-refractivity contribution in [3.8, 4) is 0 Å². The number of aryl methyl sites for hydroxylation is 2.